The van der Waals surface area contributed by atoms with Gasteiger partial charge in [-0.2, -0.15) is 0 Å². The number of aryl methyl sites for hydroxylation is 1. The number of ether oxygens (including phenoxy) is 1. The van der Waals surface area contributed by atoms with E-state index in [1.165, 1.54) is 6.07 Å². The van der Waals surface area contributed by atoms with Crippen molar-refractivity contribution in [2.24, 2.45) is 0 Å². The molecule has 1 aromatic rings. The summed E-state index contributed by atoms with van der Waals surface area (Å²) in [5, 5.41) is 3.30. The van der Waals surface area contributed by atoms with Gasteiger partial charge in [0, 0.05) is 12.5 Å². The molecule has 0 atom stereocenters. The average Bonchev–Trinajstić information content (AvgIpc) is 2.27. The van der Waals surface area contributed by atoms with Crippen molar-refractivity contribution in [3.8, 4) is 5.88 Å². The minimum Gasteiger partial charge on any atom is -0.477 e. The van der Waals surface area contributed by atoms with E-state index in [-0.39, 0.29) is 5.56 Å². The molecule has 0 aliphatic carbocycles. The molecule has 96 valence electrons. The van der Waals surface area contributed by atoms with Gasteiger partial charge in [0.2, 0.25) is 5.88 Å². The highest BCUT2D eigenvalue weighted by atomic mass is 16.5. The summed E-state index contributed by atoms with van der Waals surface area (Å²) < 4.78 is 5.44. The lowest BCUT2D eigenvalue weighted by molar-refractivity contribution is 0.293. The zero-order chi connectivity index (χ0) is 12.7. The van der Waals surface area contributed by atoms with E-state index in [0.29, 0.717) is 30.8 Å². The molecular weight excluding hydrogens is 218 g/mol. The molecule has 2 N–H and O–H groups in total. The molecule has 0 aromatic carbocycles. The summed E-state index contributed by atoms with van der Waals surface area (Å²) in [6.07, 6.45) is 1.59. The van der Waals surface area contributed by atoms with Gasteiger partial charge >= 0.3 is 0 Å². The summed E-state index contributed by atoms with van der Waals surface area (Å²) in [6, 6.07) is 1.87. The van der Waals surface area contributed by atoms with E-state index in [1.54, 1.807) is 0 Å². The van der Waals surface area contributed by atoms with Crippen LogP contribution >= 0.6 is 0 Å². The first-order valence-electron chi connectivity index (χ1n) is 6.08. The molecular formula is C12H21N3O2. The zero-order valence-electron chi connectivity index (χ0n) is 10.7. The highest BCUT2D eigenvalue weighted by molar-refractivity contribution is 5.08. The van der Waals surface area contributed by atoms with Crippen molar-refractivity contribution in [2.45, 2.75) is 39.7 Å². The minimum absolute atomic E-state index is 0.160. The molecule has 17 heavy (non-hydrogen) atoms. The molecule has 0 amide bonds. The Morgan fingerprint density at radius 1 is 1.53 bits per heavy atom. The lowest BCUT2D eigenvalue weighted by atomic mass is 10.3. The smallest absolute Gasteiger partial charge is 0.254 e. The fourth-order valence-electron chi connectivity index (χ4n) is 1.36. The number of aromatic nitrogens is 2. The standard InChI is InChI=1S/C12H21N3O2/c1-4-10-14-11(16)8-12(15-10)17-7-5-6-13-9(2)3/h8-9,13H,4-7H2,1-3H3,(H,14,15,16). The highest BCUT2D eigenvalue weighted by Crippen LogP contribution is 2.02. The molecule has 0 radical (unpaired) electrons. The fourth-order valence-corrected chi connectivity index (χ4v) is 1.36. The van der Waals surface area contributed by atoms with Crippen LogP contribution in [-0.4, -0.2) is 29.2 Å². The molecule has 0 saturated carbocycles. The van der Waals surface area contributed by atoms with Crippen molar-refractivity contribution in [1.29, 1.82) is 0 Å². The molecule has 1 aromatic heterocycles. The minimum atomic E-state index is -0.160. The van der Waals surface area contributed by atoms with E-state index in [1.807, 2.05) is 6.92 Å². The van der Waals surface area contributed by atoms with Crippen LogP contribution in [0.3, 0.4) is 0 Å². The van der Waals surface area contributed by atoms with Gasteiger partial charge in [0.05, 0.1) is 12.7 Å². The first-order chi connectivity index (χ1) is 8.11. The van der Waals surface area contributed by atoms with Crippen molar-refractivity contribution in [3.05, 3.63) is 22.2 Å². The van der Waals surface area contributed by atoms with Crippen LogP contribution in [-0.2, 0) is 6.42 Å². The number of hydrogen-bond donors (Lipinski definition) is 2. The predicted octanol–water partition coefficient (Wildman–Crippen LogP) is 1.10. The largest absolute Gasteiger partial charge is 0.477 e. The Kier molecular flexibility index (Phi) is 5.69. The summed E-state index contributed by atoms with van der Waals surface area (Å²) in [4.78, 5) is 18.1. The van der Waals surface area contributed by atoms with Crippen LogP contribution in [0, 0.1) is 0 Å². The maximum absolute atomic E-state index is 11.3. The monoisotopic (exact) mass is 239 g/mol. The van der Waals surface area contributed by atoms with E-state index in [9.17, 15) is 4.79 Å². The van der Waals surface area contributed by atoms with Crippen molar-refractivity contribution in [1.82, 2.24) is 15.3 Å². The number of nitrogens with one attached hydrogen (secondary N) is 2. The van der Waals surface area contributed by atoms with Crippen LogP contribution < -0.4 is 15.6 Å². The van der Waals surface area contributed by atoms with Gasteiger partial charge in [0.15, 0.2) is 0 Å². The zero-order valence-corrected chi connectivity index (χ0v) is 10.7. The van der Waals surface area contributed by atoms with Gasteiger partial charge in [0.1, 0.15) is 5.82 Å². The van der Waals surface area contributed by atoms with E-state index in [0.717, 1.165) is 13.0 Å². The van der Waals surface area contributed by atoms with Crippen LogP contribution in [0.25, 0.3) is 0 Å². The van der Waals surface area contributed by atoms with Gasteiger partial charge in [-0.05, 0) is 13.0 Å². The SMILES string of the molecule is CCc1nc(OCCCNC(C)C)cc(=O)[nH]1. The van der Waals surface area contributed by atoms with Gasteiger partial charge < -0.3 is 15.0 Å². The number of hydrogen-bond acceptors (Lipinski definition) is 4. The van der Waals surface area contributed by atoms with Gasteiger partial charge in [-0.1, -0.05) is 20.8 Å². The molecule has 0 fully saturated rings. The lowest BCUT2D eigenvalue weighted by Gasteiger charge is -2.08. The van der Waals surface area contributed by atoms with E-state index in [2.05, 4.69) is 29.1 Å². The third-order valence-corrected chi connectivity index (χ3v) is 2.23. The molecule has 5 nitrogen and oxygen atoms in total. The summed E-state index contributed by atoms with van der Waals surface area (Å²) in [5.74, 6) is 1.07. The number of aromatic amines is 1. The van der Waals surface area contributed by atoms with Crippen molar-refractivity contribution in [2.75, 3.05) is 13.2 Å². The van der Waals surface area contributed by atoms with Crippen LogP contribution in [0.1, 0.15) is 33.0 Å². The topological polar surface area (TPSA) is 67.0 Å². The van der Waals surface area contributed by atoms with Crippen molar-refractivity contribution < 1.29 is 4.74 Å². The Balaban J connectivity index is 2.36. The summed E-state index contributed by atoms with van der Waals surface area (Å²) >= 11 is 0. The first kappa shape index (κ1) is 13.7. The third kappa shape index (κ3) is 5.49. The van der Waals surface area contributed by atoms with E-state index >= 15 is 0 Å². The summed E-state index contributed by atoms with van der Waals surface area (Å²) in [5.41, 5.74) is -0.160. The quantitative estimate of drug-likeness (QED) is 0.699. The number of H-pyrrole nitrogens is 1. The second-order valence-corrected chi connectivity index (χ2v) is 4.19. The molecule has 0 spiro atoms. The third-order valence-electron chi connectivity index (χ3n) is 2.23. The molecule has 1 rings (SSSR count). The van der Waals surface area contributed by atoms with Crippen LogP contribution in [0.2, 0.25) is 0 Å². The van der Waals surface area contributed by atoms with Crippen LogP contribution in [0.5, 0.6) is 5.88 Å². The fraction of sp³-hybridized carbons (Fsp3) is 0.667. The Bertz CT molecular complexity index is 388. The summed E-state index contributed by atoms with van der Waals surface area (Å²) in [7, 11) is 0. The van der Waals surface area contributed by atoms with Gasteiger partial charge in [0.25, 0.3) is 5.56 Å². The van der Waals surface area contributed by atoms with E-state index < -0.39 is 0 Å². The Labute approximate surface area is 102 Å². The predicted molar refractivity (Wildman–Crippen MR) is 67.5 cm³/mol. The normalized spacial score (nSPS) is 10.8. The van der Waals surface area contributed by atoms with E-state index in [4.69, 9.17) is 4.74 Å². The summed E-state index contributed by atoms with van der Waals surface area (Å²) in [6.45, 7) is 7.62. The maximum Gasteiger partial charge on any atom is 0.254 e. The Morgan fingerprint density at radius 2 is 2.29 bits per heavy atom. The Morgan fingerprint density at radius 3 is 2.94 bits per heavy atom. The van der Waals surface area contributed by atoms with Crippen molar-refractivity contribution >= 4 is 0 Å². The van der Waals surface area contributed by atoms with Crippen LogP contribution in [0.4, 0.5) is 0 Å². The Hall–Kier alpha value is -1.36. The molecule has 0 aliphatic rings. The first-order valence-corrected chi connectivity index (χ1v) is 6.08. The maximum atomic E-state index is 11.3. The molecule has 0 unspecified atom stereocenters. The number of rotatable bonds is 7. The highest BCUT2D eigenvalue weighted by Gasteiger charge is 2.00. The molecule has 5 heteroatoms. The van der Waals surface area contributed by atoms with Gasteiger partial charge in [-0.3, -0.25) is 4.79 Å². The second-order valence-electron chi connectivity index (χ2n) is 4.19. The van der Waals surface area contributed by atoms with Crippen molar-refractivity contribution in [3.63, 3.8) is 0 Å². The van der Waals surface area contributed by atoms with Gasteiger partial charge in [-0.15, -0.1) is 0 Å². The molecule has 1 heterocycles. The molecule has 0 saturated heterocycles. The van der Waals surface area contributed by atoms with Crippen LogP contribution in [0.15, 0.2) is 10.9 Å². The second kappa shape index (κ2) is 7.06. The molecule has 0 aliphatic heterocycles. The van der Waals surface area contributed by atoms with Gasteiger partial charge in [-0.25, -0.2) is 4.98 Å². The lowest BCUT2D eigenvalue weighted by Crippen LogP contribution is -2.25. The molecule has 0 bridgehead atoms. The number of nitrogens with zero attached hydrogens (tertiary/aromatic N) is 1. The average molecular weight is 239 g/mol.